The van der Waals surface area contributed by atoms with E-state index in [0.717, 1.165) is 26.1 Å². The molecule has 1 atom stereocenters. The zero-order valence-corrected chi connectivity index (χ0v) is 11.3. The van der Waals surface area contributed by atoms with Gasteiger partial charge in [-0.1, -0.05) is 23.2 Å². The molecule has 0 saturated carbocycles. The summed E-state index contributed by atoms with van der Waals surface area (Å²) in [5, 5.41) is 3.23. The van der Waals surface area contributed by atoms with Crippen molar-refractivity contribution >= 4 is 29.1 Å². The van der Waals surface area contributed by atoms with Crippen molar-refractivity contribution in [1.82, 2.24) is 10.3 Å². The maximum absolute atomic E-state index is 11.8. The smallest absolute Gasteiger partial charge is 0.254 e. The van der Waals surface area contributed by atoms with Gasteiger partial charge in [-0.15, -0.1) is 0 Å². The minimum absolute atomic E-state index is 0.129. The molecule has 98 valence electrons. The molecule has 1 aliphatic heterocycles. The first kappa shape index (κ1) is 13.6. The number of nitrogens with zero attached hydrogens (tertiary/aromatic N) is 1. The fraction of sp³-hybridized carbons (Fsp3) is 0.500. The average molecular weight is 289 g/mol. The lowest BCUT2D eigenvalue weighted by Gasteiger charge is -2.09. The van der Waals surface area contributed by atoms with Crippen LogP contribution in [0.4, 0.5) is 0 Å². The maximum Gasteiger partial charge on any atom is 0.254 e. The first-order valence-corrected chi connectivity index (χ1v) is 6.60. The van der Waals surface area contributed by atoms with Gasteiger partial charge in [0.25, 0.3) is 5.91 Å². The Balaban J connectivity index is 1.83. The van der Waals surface area contributed by atoms with Crippen LogP contribution in [0.5, 0.6) is 0 Å². The van der Waals surface area contributed by atoms with Gasteiger partial charge in [-0.3, -0.25) is 4.79 Å². The van der Waals surface area contributed by atoms with Crippen LogP contribution < -0.4 is 5.32 Å². The van der Waals surface area contributed by atoms with Gasteiger partial charge in [0.2, 0.25) is 0 Å². The molecule has 2 heterocycles. The Morgan fingerprint density at radius 2 is 2.33 bits per heavy atom. The van der Waals surface area contributed by atoms with Crippen molar-refractivity contribution in [2.24, 2.45) is 5.92 Å². The van der Waals surface area contributed by atoms with Crippen molar-refractivity contribution in [2.45, 2.75) is 12.8 Å². The third kappa shape index (κ3) is 3.57. The Morgan fingerprint density at radius 3 is 3.00 bits per heavy atom. The highest BCUT2D eigenvalue weighted by atomic mass is 35.5. The van der Waals surface area contributed by atoms with Gasteiger partial charge in [-0.2, -0.15) is 0 Å². The van der Waals surface area contributed by atoms with E-state index in [4.69, 9.17) is 27.9 Å². The van der Waals surface area contributed by atoms with Crippen molar-refractivity contribution in [3.8, 4) is 0 Å². The van der Waals surface area contributed by atoms with E-state index < -0.39 is 0 Å². The van der Waals surface area contributed by atoms with Gasteiger partial charge in [0.15, 0.2) is 0 Å². The maximum atomic E-state index is 11.8. The summed E-state index contributed by atoms with van der Waals surface area (Å²) in [6, 6.07) is 3.12. The topological polar surface area (TPSA) is 51.2 Å². The molecular weight excluding hydrogens is 275 g/mol. The first-order valence-electron chi connectivity index (χ1n) is 5.85. The third-order valence-corrected chi connectivity index (χ3v) is 3.42. The van der Waals surface area contributed by atoms with Crippen molar-refractivity contribution in [3.05, 3.63) is 28.0 Å². The van der Waals surface area contributed by atoms with Crippen molar-refractivity contribution < 1.29 is 9.53 Å². The molecule has 1 N–H and O–H groups in total. The molecule has 1 aromatic rings. The summed E-state index contributed by atoms with van der Waals surface area (Å²) in [4.78, 5) is 15.7. The third-order valence-electron chi connectivity index (χ3n) is 2.92. The number of pyridine rings is 1. The van der Waals surface area contributed by atoms with Crippen LogP contribution in [0.15, 0.2) is 12.1 Å². The fourth-order valence-corrected chi connectivity index (χ4v) is 2.31. The van der Waals surface area contributed by atoms with E-state index in [0.29, 0.717) is 18.0 Å². The molecule has 6 heteroatoms. The number of rotatable bonds is 4. The number of carbonyl (C=O) groups excluding carboxylic acids is 1. The molecular formula is C12H14Cl2N2O2. The highest BCUT2D eigenvalue weighted by Gasteiger charge is 2.16. The largest absolute Gasteiger partial charge is 0.381 e. The molecule has 1 fully saturated rings. The van der Waals surface area contributed by atoms with Gasteiger partial charge in [-0.05, 0) is 30.9 Å². The number of amides is 1. The van der Waals surface area contributed by atoms with Crippen LogP contribution in [0.3, 0.4) is 0 Å². The quantitative estimate of drug-likeness (QED) is 0.867. The molecule has 0 spiro atoms. The Hall–Kier alpha value is -0.840. The molecule has 2 rings (SSSR count). The van der Waals surface area contributed by atoms with E-state index in [9.17, 15) is 4.79 Å². The van der Waals surface area contributed by atoms with E-state index in [2.05, 4.69) is 10.3 Å². The number of nitrogens with one attached hydrogen (secondary N) is 1. The van der Waals surface area contributed by atoms with Crippen molar-refractivity contribution in [3.63, 3.8) is 0 Å². The lowest BCUT2D eigenvalue weighted by Crippen LogP contribution is -2.26. The van der Waals surface area contributed by atoms with Crippen LogP contribution in [-0.2, 0) is 4.74 Å². The lowest BCUT2D eigenvalue weighted by atomic mass is 10.1. The predicted molar refractivity (Wildman–Crippen MR) is 70.1 cm³/mol. The summed E-state index contributed by atoms with van der Waals surface area (Å²) < 4.78 is 5.27. The van der Waals surface area contributed by atoms with Gasteiger partial charge in [0.1, 0.15) is 10.3 Å². The predicted octanol–water partition coefficient (Wildman–Crippen LogP) is 2.54. The Morgan fingerprint density at radius 1 is 1.50 bits per heavy atom. The molecule has 1 unspecified atom stereocenters. The monoisotopic (exact) mass is 288 g/mol. The summed E-state index contributed by atoms with van der Waals surface area (Å²) in [6.07, 6.45) is 1.99. The molecule has 1 amide bonds. The SMILES string of the molecule is O=C(NCCC1CCOC1)c1ccc(Cl)nc1Cl. The minimum Gasteiger partial charge on any atom is -0.381 e. The van der Waals surface area contributed by atoms with Crippen molar-refractivity contribution in [2.75, 3.05) is 19.8 Å². The second-order valence-electron chi connectivity index (χ2n) is 4.25. The molecule has 0 aromatic carbocycles. The fourth-order valence-electron chi connectivity index (χ4n) is 1.88. The number of ether oxygens (including phenoxy) is 1. The zero-order chi connectivity index (χ0) is 13.0. The van der Waals surface area contributed by atoms with Crippen LogP contribution in [-0.4, -0.2) is 30.6 Å². The summed E-state index contributed by atoms with van der Waals surface area (Å²) in [5.41, 5.74) is 0.351. The average Bonchev–Trinajstić information content (AvgIpc) is 2.81. The van der Waals surface area contributed by atoms with Crippen LogP contribution in [0, 0.1) is 5.92 Å². The van der Waals surface area contributed by atoms with Crippen LogP contribution >= 0.6 is 23.2 Å². The van der Waals surface area contributed by atoms with Crippen LogP contribution in [0.2, 0.25) is 10.3 Å². The zero-order valence-electron chi connectivity index (χ0n) is 9.79. The van der Waals surface area contributed by atoms with E-state index in [1.807, 2.05) is 0 Å². The van der Waals surface area contributed by atoms with Crippen LogP contribution in [0.25, 0.3) is 0 Å². The van der Waals surface area contributed by atoms with Gasteiger partial charge < -0.3 is 10.1 Å². The van der Waals surface area contributed by atoms with Gasteiger partial charge in [0, 0.05) is 19.8 Å². The molecule has 0 aliphatic carbocycles. The second-order valence-corrected chi connectivity index (χ2v) is 4.99. The number of halogens is 2. The Labute approximate surface area is 116 Å². The molecule has 1 aliphatic rings. The normalized spacial score (nSPS) is 18.9. The molecule has 1 aromatic heterocycles. The number of aromatic nitrogens is 1. The van der Waals surface area contributed by atoms with E-state index in [1.54, 1.807) is 12.1 Å². The molecule has 0 bridgehead atoms. The van der Waals surface area contributed by atoms with Gasteiger partial charge in [-0.25, -0.2) is 4.98 Å². The van der Waals surface area contributed by atoms with Crippen molar-refractivity contribution in [1.29, 1.82) is 0 Å². The summed E-state index contributed by atoms with van der Waals surface area (Å²) in [7, 11) is 0. The highest BCUT2D eigenvalue weighted by molar-refractivity contribution is 6.34. The molecule has 4 nitrogen and oxygen atoms in total. The Kier molecular flexibility index (Phi) is 4.80. The summed E-state index contributed by atoms with van der Waals surface area (Å²) >= 11 is 11.5. The summed E-state index contributed by atoms with van der Waals surface area (Å²) in [5.74, 6) is 0.326. The molecule has 18 heavy (non-hydrogen) atoms. The number of hydrogen-bond donors (Lipinski definition) is 1. The van der Waals surface area contributed by atoms with Gasteiger partial charge in [0.05, 0.1) is 5.56 Å². The lowest BCUT2D eigenvalue weighted by molar-refractivity contribution is 0.0950. The molecule has 0 radical (unpaired) electrons. The number of carbonyl (C=O) groups is 1. The van der Waals surface area contributed by atoms with Gasteiger partial charge >= 0.3 is 0 Å². The summed E-state index contributed by atoms with van der Waals surface area (Å²) in [6.45, 7) is 2.23. The van der Waals surface area contributed by atoms with E-state index in [-0.39, 0.29) is 16.2 Å². The minimum atomic E-state index is -0.219. The second kappa shape index (κ2) is 6.36. The number of hydrogen-bond acceptors (Lipinski definition) is 3. The first-order chi connectivity index (χ1) is 8.66. The Bertz CT molecular complexity index is 434. The van der Waals surface area contributed by atoms with E-state index >= 15 is 0 Å². The van der Waals surface area contributed by atoms with Crippen LogP contribution in [0.1, 0.15) is 23.2 Å². The molecule has 1 saturated heterocycles. The highest BCUT2D eigenvalue weighted by Crippen LogP contribution is 2.17. The standard InChI is InChI=1S/C12H14Cl2N2O2/c13-10-2-1-9(11(14)16-10)12(17)15-5-3-8-4-6-18-7-8/h1-2,8H,3-7H2,(H,15,17). The van der Waals surface area contributed by atoms with E-state index in [1.165, 1.54) is 0 Å².